The van der Waals surface area contributed by atoms with Crippen molar-refractivity contribution in [1.29, 1.82) is 0 Å². The Hall–Kier alpha value is -0.970. The topological polar surface area (TPSA) is 64.7 Å². The molecule has 0 bridgehead atoms. The third-order valence-corrected chi connectivity index (χ3v) is 3.38. The van der Waals surface area contributed by atoms with Crippen molar-refractivity contribution in [2.45, 2.75) is 39.3 Å². The summed E-state index contributed by atoms with van der Waals surface area (Å²) in [5.41, 5.74) is 6.78. The molecule has 0 aliphatic carbocycles. The van der Waals surface area contributed by atoms with Crippen molar-refractivity contribution in [1.82, 2.24) is 0 Å². The first-order valence-corrected chi connectivity index (χ1v) is 6.45. The highest BCUT2D eigenvalue weighted by molar-refractivity contribution is 5.85. The third kappa shape index (κ3) is 4.54. The van der Waals surface area contributed by atoms with E-state index in [4.69, 9.17) is 15.2 Å². The van der Waals surface area contributed by atoms with Crippen molar-refractivity contribution in [2.24, 2.45) is 11.1 Å². The number of methoxy groups -OCH3 is 2. The van der Waals surface area contributed by atoms with Crippen LogP contribution in [0.1, 0.15) is 38.9 Å². The number of hydrogen-bond acceptors (Lipinski definition) is 4. The number of benzene rings is 1. The molecule has 0 heterocycles. The molecule has 1 aromatic carbocycles. The van der Waals surface area contributed by atoms with E-state index in [1.165, 1.54) is 0 Å². The lowest BCUT2D eigenvalue weighted by molar-refractivity contribution is 0.130. The fourth-order valence-electron chi connectivity index (χ4n) is 1.90. The number of ether oxygens (including phenoxy) is 2. The fraction of sp³-hybridized carbons (Fsp3) is 0.600. The van der Waals surface area contributed by atoms with Crippen molar-refractivity contribution in [3.05, 3.63) is 23.8 Å². The van der Waals surface area contributed by atoms with Crippen LogP contribution in [-0.4, -0.2) is 25.4 Å². The summed E-state index contributed by atoms with van der Waals surface area (Å²) in [7, 11) is 3.15. The van der Waals surface area contributed by atoms with Crippen LogP contribution < -0.4 is 15.2 Å². The Bertz CT molecular complexity index is 418. The molecule has 1 aromatic rings. The quantitative estimate of drug-likeness (QED) is 0.878. The van der Waals surface area contributed by atoms with E-state index in [2.05, 4.69) is 20.8 Å². The highest BCUT2D eigenvalue weighted by atomic mass is 35.5. The maximum atomic E-state index is 10.4. The van der Waals surface area contributed by atoms with Crippen LogP contribution in [-0.2, 0) is 0 Å². The van der Waals surface area contributed by atoms with E-state index in [0.29, 0.717) is 23.5 Å². The molecule has 0 unspecified atom stereocenters. The van der Waals surface area contributed by atoms with Crippen molar-refractivity contribution >= 4 is 12.4 Å². The van der Waals surface area contributed by atoms with Gasteiger partial charge in [-0.2, -0.15) is 0 Å². The summed E-state index contributed by atoms with van der Waals surface area (Å²) in [5.74, 6) is 1.18. The zero-order chi connectivity index (χ0) is 14.6. The van der Waals surface area contributed by atoms with Crippen LogP contribution >= 0.6 is 12.4 Å². The number of aliphatic hydroxyl groups is 1. The van der Waals surface area contributed by atoms with Gasteiger partial charge < -0.3 is 20.3 Å². The van der Waals surface area contributed by atoms with Crippen LogP contribution in [0.4, 0.5) is 0 Å². The van der Waals surface area contributed by atoms with E-state index in [0.717, 1.165) is 0 Å². The van der Waals surface area contributed by atoms with E-state index in [-0.39, 0.29) is 23.9 Å². The minimum absolute atomic E-state index is 0. The van der Waals surface area contributed by atoms with E-state index < -0.39 is 6.10 Å². The molecule has 0 radical (unpaired) electrons. The molecular formula is C15H26ClNO3. The predicted octanol–water partition coefficient (Wildman–Crippen LogP) is 2.92. The number of nitrogens with two attached hydrogens (primary N) is 1. The van der Waals surface area contributed by atoms with Gasteiger partial charge in [0.15, 0.2) is 11.5 Å². The van der Waals surface area contributed by atoms with Gasteiger partial charge in [-0.25, -0.2) is 0 Å². The lowest BCUT2D eigenvalue weighted by Gasteiger charge is -2.29. The second-order valence-corrected chi connectivity index (χ2v) is 5.81. The van der Waals surface area contributed by atoms with Crippen LogP contribution in [0.15, 0.2) is 18.2 Å². The Balaban J connectivity index is 0.00000361. The van der Waals surface area contributed by atoms with Crippen LogP contribution in [0.5, 0.6) is 11.5 Å². The molecule has 0 aliphatic heterocycles. The minimum Gasteiger partial charge on any atom is -0.493 e. The molecule has 3 N–H and O–H groups in total. The SMILES string of the molecule is COc1cccc([C@H](O)C[C@H](N)C(C)(C)C)c1OC.Cl. The Morgan fingerprint density at radius 1 is 1.20 bits per heavy atom. The third-order valence-electron chi connectivity index (χ3n) is 3.38. The van der Waals surface area contributed by atoms with Gasteiger partial charge in [-0.15, -0.1) is 12.4 Å². The first-order valence-electron chi connectivity index (χ1n) is 6.45. The second kappa shape index (κ2) is 7.72. The van der Waals surface area contributed by atoms with Crippen molar-refractivity contribution < 1.29 is 14.6 Å². The molecule has 2 atom stereocenters. The van der Waals surface area contributed by atoms with Gasteiger partial charge in [-0.3, -0.25) is 0 Å². The van der Waals surface area contributed by atoms with E-state index >= 15 is 0 Å². The number of para-hydroxylation sites is 1. The highest BCUT2D eigenvalue weighted by Gasteiger charge is 2.26. The average molecular weight is 304 g/mol. The van der Waals surface area contributed by atoms with E-state index in [1.807, 2.05) is 12.1 Å². The van der Waals surface area contributed by atoms with Gasteiger partial charge in [0, 0.05) is 11.6 Å². The normalized spacial score (nSPS) is 14.2. The summed E-state index contributed by atoms with van der Waals surface area (Å²) in [4.78, 5) is 0. The summed E-state index contributed by atoms with van der Waals surface area (Å²) in [6.45, 7) is 6.19. The molecular weight excluding hydrogens is 278 g/mol. The zero-order valence-electron chi connectivity index (χ0n) is 12.8. The van der Waals surface area contributed by atoms with Gasteiger partial charge in [-0.05, 0) is 17.9 Å². The maximum Gasteiger partial charge on any atom is 0.166 e. The van der Waals surface area contributed by atoms with Gasteiger partial charge >= 0.3 is 0 Å². The van der Waals surface area contributed by atoms with Gasteiger partial charge in [0.2, 0.25) is 0 Å². The molecule has 5 heteroatoms. The number of rotatable bonds is 5. The monoisotopic (exact) mass is 303 g/mol. The molecule has 0 saturated heterocycles. The molecule has 1 rings (SSSR count). The number of aliphatic hydroxyl groups excluding tert-OH is 1. The lowest BCUT2D eigenvalue weighted by Crippen LogP contribution is -2.36. The molecule has 0 aromatic heterocycles. The van der Waals surface area contributed by atoms with Crippen molar-refractivity contribution in [3.8, 4) is 11.5 Å². The highest BCUT2D eigenvalue weighted by Crippen LogP contribution is 2.37. The standard InChI is InChI=1S/C15H25NO3.ClH/c1-15(2,3)13(16)9-11(17)10-7-6-8-12(18-4)14(10)19-5;/h6-8,11,13,17H,9,16H2,1-5H3;1H/t11-,13+;/m1./s1. The summed E-state index contributed by atoms with van der Waals surface area (Å²) >= 11 is 0. The van der Waals surface area contributed by atoms with E-state index in [9.17, 15) is 5.11 Å². The molecule has 0 saturated carbocycles. The Morgan fingerprint density at radius 2 is 1.80 bits per heavy atom. The Labute approximate surface area is 127 Å². The second-order valence-electron chi connectivity index (χ2n) is 5.81. The summed E-state index contributed by atoms with van der Waals surface area (Å²) < 4.78 is 10.6. The summed E-state index contributed by atoms with van der Waals surface area (Å²) in [6.07, 6.45) is -0.188. The van der Waals surface area contributed by atoms with E-state index in [1.54, 1.807) is 20.3 Å². The smallest absolute Gasteiger partial charge is 0.166 e. The fourth-order valence-corrected chi connectivity index (χ4v) is 1.90. The Kier molecular flexibility index (Phi) is 7.34. The zero-order valence-corrected chi connectivity index (χ0v) is 13.7. The molecule has 0 aliphatic rings. The maximum absolute atomic E-state index is 10.4. The van der Waals surface area contributed by atoms with Gasteiger partial charge in [0.25, 0.3) is 0 Å². The molecule has 0 amide bonds. The van der Waals surface area contributed by atoms with Gasteiger partial charge in [0.05, 0.1) is 20.3 Å². The predicted molar refractivity (Wildman–Crippen MR) is 83.8 cm³/mol. The lowest BCUT2D eigenvalue weighted by atomic mass is 9.83. The Morgan fingerprint density at radius 3 is 2.25 bits per heavy atom. The van der Waals surface area contributed by atoms with Crippen LogP contribution in [0.3, 0.4) is 0 Å². The van der Waals surface area contributed by atoms with Crippen LogP contribution in [0.2, 0.25) is 0 Å². The number of halogens is 1. The first-order chi connectivity index (χ1) is 8.81. The average Bonchev–Trinajstić information content (AvgIpc) is 2.36. The van der Waals surface area contributed by atoms with Crippen molar-refractivity contribution in [3.63, 3.8) is 0 Å². The largest absolute Gasteiger partial charge is 0.493 e. The number of hydrogen-bond donors (Lipinski definition) is 2. The van der Waals surface area contributed by atoms with Gasteiger partial charge in [-0.1, -0.05) is 32.9 Å². The molecule has 0 spiro atoms. The minimum atomic E-state index is -0.667. The van der Waals surface area contributed by atoms with Crippen LogP contribution in [0.25, 0.3) is 0 Å². The van der Waals surface area contributed by atoms with Crippen LogP contribution in [0, 0.1) is 5.41 Å². The molecule has 116 valence electrons. The molecule has 20 heavy (non-hydrogen) atoms. The first kappa shape index (κ1) is 19.0. The molecule has 4 nitrogen and oxygen atoms in total. The van der Waals surface area contributed by atoms with Gasteiger partial charge in [0.1, 0.15) is 0 Å². The summed E-state index contributed by atoms with van der Waals surface area (Å²) in [5, 5.41) is 10.4. The summed E-state index contributed by atoms with van der Waals surface area (Å²) in [6, 6.07) is 5.38. The molecule has 0 fully saturated rings. The van der Waals surface area contributed by atoms with Crippen molar-refractivity contribution in [2.75, 3.05) is 14.2 Å².